The molecule has 2 unspecified atom stereocenters. The number of hydrogen-bond acceptors (Lipinski definition) is 4. The van der Waals surface area contributed by atoms with E-state index in [2.05, 4.69) is 5.32 Å². The summed E-state index contributed by atoms with van der Waals surface area (Å²) in [4.78, 5) is 10.2. The number of aliphatic hydroxyl groups excluding tert-OH is 1. The van der Waals surface area contributed by atoms with Gasteiger partial charge in [-0.15, -0.1) is 0 Å². The zero-order valence-corrected chi connectivity index (χ0v) is 10.1. The van der Waals surface area contributed by atoms with Crippen LogP contribution in [0.3, 0.4) is 0 Å². The first kappa shape index (κ1) is 13.6. The predicted octanol–water partition coefficient (Wildman–Crippen LogP) is 1.84. The van der Waals surface area contributed by atoms with E-state index >= 15 is 0 Å². The van der Waals surface area contributed by atoms with E-state index in [0.717, 1.165) is 5.56 Å². The van der Waals surface area contributed by atoms with Crippen molar-refractivity contribution in [3.8, 4) is 0 Å². The lowest BCUT2D eigenvalue weighted by atomic mass is 10.1. The van der Waals surface area contributed by atoms with Gasteiger partial charge >= 0.3 is 0 Å². The topological polar surface area (TPSA) is 75.4 Å². The summed E-state index contributed by atoms with van der Waals surface area (Å²) in [6.45, 7) is 4.28. The molecule has 94 valence electrons. The second kappa shape index (κ2) is 6.32. The highest BCUT2D eigenvalue weighted by molar-refractivity contribution is 5.34. The molecule has 0 aliphatic carbocycles. The molecular formula is C12H18N2O3. The van der Waals surface area contributed by atoms with E-state index in [0.29, 0.717) is 13.0 Å². The lowest BCUT2D eigenvalue weighted by Gasteiger charge is -2.15. The van der Waals surface area contributed by atoms with Crippen molar-refractivity contribution in [1.82, 2.24) is 5.32 Å². The molecule has 0 saturated heterocycles. The van der Waals surface area contributed by atoms with Crippen molar-refractivity contribution in [1.29, 1.82) is 0 Å². The van der Waals surface area contributed by atoms with Crippen LogP contribution in [-0.2, 0) is 6.54 Å². The summed E-state index contributed by atoms with van der Waals surface area (Å²) in [6.07, 6.45) is 0.317. The van der Waals surface area contributed by atoms with Crippen LogP contribution in [0, 0.1) is 10.1 Å². The van der Waals surface area contributed by atoms with E-state index in [1.165, 1.54) is 6.07 Å². The third-order valence-corrected chi connectivity index (χ3v) is 2.47. The Labute approximate surface area is 101 Å². The first-order chi connectivity index (χ1) is 7.99. The summed E-state index contributed by atoms with van der Waals surface area (Å²) in [7, 11) is 0. The molecule has 0 spiro atoms. The molecule has 0 amide bonds. The van der Waals surface area contributed by atoms with Crippen LogP contribution in [0.25, 0.3) is 0 Å². The molecule has 5 heteroatoms. The smallest absolute Gasteiger partial charge is 0.269 e. The Morgan fingerprint density at radius 2 is 2.18 bits per heavy atom. The van der Waals surface area contributed by atoms with E-state index in [4.69, 9.17) is 0 Å². The number of aliphatic hydroxyl groups is 1. The van der Waals surface area contributed by atoms with Crippen LogP contribution in [-0.4, -0.2) is 22.2 Å². The molecule has 1 aromatic carbocycles. The van der Waals surface area contributed by atoms with Crippen molar-refractivity contribution in [3.63, 3.8) is 0 Å². The normalized spacial score (nSPS) is 14.3. The zero-order chi connectivity index (χ0) is 12.8. The highest BCUT2D eigenvalue weighted by Gasteiger charge is 2.08. The van der Waals surface area contributed by atoms with E-state index in [-0.39, 0.29) is 17.8 Å². The second-order valence-electron chi connectivity index (χ2n) is 4.29. The number of nitrogens with zero attached hydrogens (tertiary/aromatic N) is 1. The van der Waals surface area contributed by atoms with Crippen LogP contribution in [0.4, 0.5) is 5.69 Å². The molecule has 17 heavy (non-hydrogen) atoms. The van der Waals surface area contributed by atoms with Gasteiger partial charge in [-0.2, -0.15) is 0 Å². The number of non-ortho nitro benzene ring substituents is 1. The van der Waals surface area contributed by atoms with Gasteiger partial charge in [-0.3, -0.25) is 10.1 Å². The minimum atomic E-state index is -0.400. The van der Waals surface area contributed by atoms with Crippen LogP contribution in [0.5, 0.6) is 0 Å². The van der Waals surface area contributed by atoms with Gasteiger partial charge in [-0.1, -0.05) is 12.1 Å². The van der Waals surface area contributed by atoms with Gasteiger partial charge in [-0.05, 0) is 25.8 Å². The molecule has 0 saturated carbocycles. The minimum absolute atomic E-state index is 0.104. The van der Waals surface area contributed by atoms with Crippen LogP contribution in [0.2, 0.25) is 0 Å². The minimum Gasteiger partial charge on any atom is -0.393 e. The fourth-order valence-electron chi connectivity index (χ4n) is 1.67. The highest BCUT2D eigenvalue weighted by atomic mass is 16.6. The third kappa shape index (κ3) is 4.93. The maximum absolute atomic E-state index is 10.6. The van der Waals surface area contributed by atoms with Gasteiger partial charge in [-0.25, -0.2) is 0 Å². The van der Waals surface area contributed by atoms with Crippen molar-refractivity contribution in [2.24, 2.45) is 0 Å². The van der Waals surface area contributed by atoms with Crippen molar-refractivity contribution < 1.29 is 10.0 Å². The fourth-order valence-corrected chi connectivity index (χ4v) is 1.67. The standard InChI is InChI=1S/C12H18N2O3/c1-9(6-10(2)15)13-8-11-4-3-5-12(7-11)14(16)17/h3-5,7,9-10,13,15H,6,8H2,1-2H3. The lowest BCUT2D eigenvalue weighted by Crippen LogP contribution is -2.28. The number of nitrogens with one attached hydrogen (secondary N) is 1. The van der Waals surface area contributed by atoms with Crippen LogP contribution in [0.1, 0.15) is 25.8 Å². The quantitative estimate of drug-likeness (QED) is 0.585. The summed E-state index contributed by atoms with van der Waals surface area (Å²) in [5.41, 5.74) is 0.976. The molecule has 2 atom stereocenters. The Balaban J connectivity index is 2.51. The molecule has 5 nitrogen and oxygen atoms in total. The Morgan fingerprint density at radius 1 is 1.47 bits per heavy atom. The molecular weight excluding hydrogens is 220 g/mol. The van der Waals surface area contributed by atoms with Gasteiger partial charge in [0.25, 0.3) is 5.69 Å². The molecule has 0 radical (unpaired) electrons. The van der Waals surface area contributed by atoms with Crippen molar-refractivity contribution in [2.45, 2.75) is 39.0 Å². The SMILES string of the molecule is CC(O)CC(C)NCc1cccc([N+](=O)[O-])c1. The van der Waals surface area contributed by atoms with E-state index in [1.807, 2.05) is 13.0 Å². The van der Waals surface area contributed by atoms with Crippen molar-refractivity contribution in [3.05, 3.63) is 39.9 Å². The molecule has 2 N–H and O–H groups in total. The Hall–Kier alpha value is -1.46. The summed E-state index contributed by atoms with van der Waals surface area (Å²) in [5.74, 6) is 0. The van der Waals surface area contributed by atoms with Gasteiger partial charge < -0.3 is 10.4 Å². The van der Waals surface area contributed by atoms with Crippen LogP contribution in [0.15, 0.2) is 24.3 Å². The number of rotatable bonds is 6. The molecule has 1 aromatic rings. The average molecular weight is 238 g/mol. The second-order valence-corrected chi connectivity index (χ2v) is 4.29. The Morgan fingerprint density at radius 3 is 2.76 bits per heavy atom. The fraction of sp³-hybridized carbons (Fsp3) is 0.500. The molecule has 0 bridgehead atoms. The van der Waals surface area contributed by atoms with E-state index in [1.54, 1.807) is 19.1 Å². The third-order valence-electron chi connectivity index (χ3n) is 2.47. The van der Waals surface area contributed by atoms with Gasteiger partial charge in [0.05, 0.1) is 11.0 Å². The molecule has 0 aliphatic heterocycles. The van der Waals surface area contributed by atoms with Crippen LogP contribution >= 0.6 is 0 Å². The number of nitro benzene ring substituents is 1. The maximum Gasteiger partial charge on any atom is 0.269 e. The molecule has 0 heterocycles. The summed E-state index contributed by atoms with van der Waals surface area (Å²) in [6, 6.07) is 6.73. The number of nitro groups is 1. The lowest BCUT2D eigenvalue weighted by molar-refractivity contribution is -0.384. The Kier molecular flexibility index (Phi) is 5.06. The van der Waals surface area contributed by atoms with Gasteiger partial charge in [0.2, 0.25) is 0 Å². The highest BCUT2D eigenvalue weighted by Crippen LogP contribution is 2.13. The molecule has 0 aliphatic rings. The predicted molar refractivity (Wildman–Crippen MR) is 65.7 cm³/mol. The summed E-state index contributed by atoms with van der Waals surface area (Å²) >= 11 is 0. The molecule has 0 aromatic heterocycles. The summed E-state index contributed by atoms with van der Waals surface area (Å²) in [5, 5.41) is 23.0. The largest absolute Gasteiger partial charge is 0.393 e. The van der Waals surface area contributed by atoms with Crippen LogP contribution < -0.4 is 5.32 Å². The Bertz CT molecular complexity index is 380. The number of benzene rings is 1. The van der Waals surface area contributed by atoms with Crippen molar-refractivity contribution in [2.75, 3.05) is 0 Å². The van der Waals surface area contributed by atoms with E-state index < -0.39 is 4.92 Å². The first-order valence-corrected chi connectivity index (χ1v) is 5.64. The molecule has 0 fully saturated rings. The molecule has 1 rings (SSSR count). The van der Waals surface area contributed by atoms with Gasteiger partial charge in [0.15, 0.2) is 0 Å². The van der Waals surface area contributed by atoms with Gasteiger partial charge in [0, 0.05) is 24.7 Å². The zero-order valence-electron chi connectivity index (χ0n) is 10.1. The number of hydrogen-bond donors (Lipinski definition) is 2. The monoisotopic (exact) mass is 238 g/mol. The first-order valence-electron chi connectivity index (χ1n) is 5.64. The maximum atomic E-state index is 10.6. The average Bonchev–Trinajstić information content (AvgIpc) is 2.26. The van der Waals surface area contributed by atoms with E-state index in [9.17, 15) is 15.2 Å². The van der Waals surface area contributed by atoms with Gasteiger partial charge in [0.1, 0.15) is 0 Å². The van der Waals surface area contributed by atoms with Crippen molar-refractivity contribution >= 4 is 5.69 Å². The summed E-state index contributed by atoms with van der Waals surface area (Å²) < 4.78 is 0.